The number of ether oxygens (including phenoxy) is 1. The Morgan fingerprint density at radius 2 is 2.21 bits per heavy atom. The zero-order chi connectivity index (χ0) is 13.1. The second-order valence-electron chi connectivity index (χ2n) is 5.75. The first-order valence-electron chi connectivity index (χ1n) is 7.46. The third-order valence-electron chi connectivity index (χ3n) is 4.36. The van der Waals surface area contributed by atoms with Crippen molar-refractivity contribution in [2.24, 2.45) is 17.8 Å². The van der Waals surface area contributed by atoms with Crippen LogP contribution in [-0.4, -0.2) is 13.2 Å². The Hall–Kier alpha value is -1.28. The molecule has 1 saturated carbocycles. The predicted molar refractivity (Wildman–Crippen MR) is 78.2 cm³/mol. The molecule has 0 aliphatic heterocycles. The standard InChI is InChI=1S/C17H23NO/c1-2-19-17-5-3-4-14(10-17)11-18-12-16-9-13-6-7-15(16)8-13/h3-7,10,13,15-16,18H,2,8-9,11-12H2,1H3. The molecule has 3 unspecified atom stereocenters. The first-order valence-corrected chi connectivity index (χ1v) is 7.46. The Bertz CT molecular complexity index is 454. The topological polar surface area (TPSA) is 21.3 Å². The molecule has 2 aliphatic carbocycles. The highest BCUT2D eigenvalue weighted by molar-refractivity contribution is 5.28. The molecule has 3 rings (SSSR count). The van der Waals surface area contributed by atoms with Crippen LogP contribution in [0.25, 0.3) is 0 Å². The van der Waals surface area contributed by atoms with Crippen LogP contribution in [0.2, 0.25) is 0 Å². The second kappa shape index (κ2) is 5.79. The van der Waals surface area contributed by atoms with E-state index in [-0.39, 0.29) is 0 Å². The molecule has 0 amide bonds. The zero-order valence-electron chi connectivity index (χ0n) is 11.6. The maximum absolute atomic E-state index is 5.53. The molecule has 0 radical (unpaired) electrons. The Kier molecular flexibility index (Phi) is 3.88. The molecule has 1 aromatic carbocycles. The van der Waals surface area contributed by atoms with Crippen molar-refractivity contribution in [1.29, 1.82) is 0 Å². The first kappa shape index (κ1) is 12.7. The molecule has 0 aromatic heterocycles. The van der Waals surface area contributed by atoms with Crippen LogP contribution in [0.3, 0.4) is 0 Å². The summed E-state index contributed by atoms with van der Waals surface area (Å²) in [7, 11) is 0. The Balaban J connectivity index is 1.47. The van der Waals surface area contributed by atoms with E-state index in [1.807, 2.05) is 13.0 Å². The summed E-state index contributed by atoms with van der Waals surface area (Å²) in [6, 6.07) is 8.39. The van der Waals surface area contributed by atoms with Gasteiger partial charge in [-0.2, -0.15) is 0 Å². The van der Waals surface area contributed by atoms with Crippen LogP contribution in [0.4, 0.5) is 0 Å². The summed E-state index contributed by atoms with van der Waals surface area (Å²) in [6.07, 6.45) is 7.61. The van der Waals surface area contributed by atoms with Crippen molar-refractivity contribution >= 4 is 0 Å². The van der Waals surface area contributed by atoms with Crippen molar-refractivity contribution in [1.82, 2.24) is 5.32 Å². The highest BCUT2D eigenvalue weighted by atomic mass is 16.5. The van der Waals surface area contributed by atoms with Gasteiger partial charge in [-0.25, -0.2) is 0 Å². The van der Waals surface area contributed by atoms with E-state index >= 15 is 0 Å². The number of hydrogen-bond acceptors (Lipinski definition) is 2. The summed E-state index contributed by atoms with van der Waals surface area (Å²) >= 11 is 0. The summed E-state index contributed by atoms with van der Waals surface area (Å²) < 4.78 is 5.53. The lowest BCUT2D eigenvalue weighted by atomic mass is 9.93. The van der Waals surface area contributed by atoms with E-state index in [4.69, 9.17) is 4.74 Å². The van der Waals surface area contributed by atoms with Gasteiger partial charge >= 0.3 is 0 Å². The normalized spacial score (nSPS) is 27.9. The van der Waals surface area contributed by atoms with Gasteiger partial charge in [0.05, 0.1) is 6.61 Å². The molecule has 3 atom stereocenters. The Labute approximate surface area is 115 Å². The number of fused-ring (bicyclic) bond motifs is 2. The number of nitrogens with one attached hydrogen (secondary N) is 1. The lowest BCUT2D eigenvalue weighted by Gasteiger charge is -2.18. The molecule has 2 aliphatic rings. The summed E-state index contributed by atoms with van der Waals surface area (Å²) in [5.74, 6) is 3.54. The fourth-order valence-electron chi connectivity index (χ4n) is 3.44. The van der Waals surface area contributed by atoms with Crippen LogP contribution in [0, 0.1) is 17.8 Å². The highest BCUT2D eigenvalue weighted by Crippen LogP contribution is 2.42. The van der Waals surface area contributed by atoms with E-state index in [9.17, 15) is 0 Å². The molecule has 1 aromatic rings. The summed E-state index contributed by atoms with van der Waals surface area (Å²) in [6.45, 7) is 4.84. The smallest absolute Gasteiger partial charge is 0.119 e. The van der Waals surface area contributed by atoms with Gasteiger partial charge < -0.3 is 10.1 Å². The van der Waals surface area contributed by atoms with Gasteiger partial charge in [0.25, 0.3) is 0 Å². The van der Waals surface area contributed by atoms with Crippen LogP contribution < -0.4 is 10.1 Å². The van der Waals surface area contributed by atoms with Crippen LogP contribution in [0.15, 0.2) is 36.4 Å². The maximum Gasteiger partial charge on any atom is 0.119 e. The lowest BCUT2D eigenvalue weighted by molar-refractivity contribution is 0.339. The molecular formula is C17H23NO. The summed E-state index contributed by atoms with van der Waals surface area (Å²) in [4.78, 5) is 0. The molecule has 2 heteroatoms. The van der Waals surface area contributed by atoms with E-state index in [1.165, 1.54) is 18.4 Å². The van der Waals surface area contributed by atoms with Gasteiger partial charge in [-0.15, -0.1) is 0 Å². The van der Waals surface area contributed by atoms with E-state index in [2.05, 4.69) is 35.7 Å². The van der Waals surface area contributed by atoms with Crippen LogP contribution in [0.1, 0.15) is 25.3 Å². The quantitative estimate of drug-likeness (QED) is 0.789. The molecule has 0 spiro atoms. The van der Waals surface area contributed by atoms with Gasteiger partial charge in [0, 0.05) is 6.54 Å². The van der Waals surface area contributed by atoms with Crippen molar-refractivity contribution in [3.63, 3.8) is 0 Å². The van der Waals surface area contributed by atoms with E-state index in [1.54, 1.807) is 0 Å². The molecule has 2 bridgehead atoms. The fourth-order valence-corrected chi connectivity index (χ4v) is 3.44. The largest absolute Gasteiger partial charge is 0.494 e. The molecule has 1 N–H and O–H groups in total. The van der Waals surface area contributed by atoms with Crippen LogP contribution >= 0.6 is 0 Å². The number of rotatable bonds is 6. The van der Waals surface area contributed by atoms with Crippen molar-refractivity contribution in [2.75, 3.05) is 13.2 Å². The Morgan fingerprint density at radius 1 is 1.26 bits per heavy atom. The van der Waals surface area contributed by atoms with Crippen molar-refractivity contribution in [2.45, 2.75) is 26.3 Å². The van der Waals surface area contributed by atoms with Gasteiger partial charge in [0.2, 0.25) is 0 Å². The fraction of sp³-hybridized carbons (Fsp3) is 0.529. The monoisotopic (exact) mass is 257 g/mol. The molecule has 0 saturated heterocycles. The van der Waals surface area contributed by atoms with Gasteiger partial charge in [-0.1, -0.05) is 24.3 Å². The van der Waals surface area contributed by atoms with Gasteiger partial charge in [0.1, 0.15) is 5.75 Å². The zero-order valence-corrected chi connectivity index (χ0v) is 11.6. The average Bonchev–Trinajstić information content (AvgIpc) is 3.02. The van der Waals surface area contributed by atoms with Gasteiger partial charge in [-0.05, 0) is 61.8 Å². The number of allylic oxidation sites excluding steroid dienone is 2. The molecule has 102 valence electrons. The SMILES string of the molecule is CCOc1cccc(CNCC2CC3C=CC2C3)c1. The van der Waals surface area contributed by atoms with E-state index in [0.717, 1.165) is 43.2 Å². The molecule has 2 nitrogen and oxygen atoms in total. The third-order valence-corrected chi connectivity index (χ3v) is 4.36. The van der Waals surface area contributed by atoms with Crippen molar-refractivity contribution in [3.8, 4) is 5.75 Å². The second-order valence-corrected chi connectivity index (χ2v) is 5.75. The predicted octanol–water partition coefficient (Wildman–Crippen LogP) is 3.39. The Morgan fingerprint density at radius 3 is 2.95 bits per heavy atom. The molecule has 19 heavy (non-hydrogen) atoms. The average molecular weight is 257 g/mol. The minimum absolute atomic E-state index is 0.731. The molecule has 0 heterocycles. The summed E-state index contributed by atoms with van der Waals surface area (Å²) in [5.41, 5.74) is 1.31. The minimum atomic E-state index is 0.731. The van der Waals surface area contributed by atoms with Crippen LogP contribution in [-0.2, 0) is 6.54 Å². The lowest BCUT2D eigenvalue weighted by Crippen LogP contribution is -2.25. The molecular weight excluding hydrogens is 234 g/mol. The van der Waals surface area contributed by atoms with E-state index < -0.39 is 0 Å². The van der Waals surface area contributed by atoms with Crippen molar-refractivity contribution < 1.29 is 4.74 Å². The molecule has 1 fully saturated rings. The minimum Gasteiger partial charge on any atom is -0.494 e. The van der Waals surface area contributed by atoms with E-state index in [0.29, 0.717) is 0 Å². The number of hydrogen-bond donors (Lipinski definition) is 1. The first-order chi connectivity index (χ1) is 9.35. The maximum atomic E-state index is 5.53. The van der Waals surface area contributed by atoms with Gasteiger partial charge in [-0.3, -0.25) is 0 Å². The van der Waals surface area contributed by atoms with Crippen LogP contribution in [0.5, 0.6) is 5.75 Å². The van der Waals surface area contributed by atoms with Gasteiger partial charge in [0.15, 0.2) is 0 Å². The highest BCUT2D eigenvalue weighted by Gasteiger charge is 2.34. The number of benzene rings is 1. The van der Waals surface area contributed by atoms with Crippen molar-refractivity contribution in [3.05, 3.63) is 42.0 Å². The summed E-state index contributed by atoms with van der Waals surface area (Å²) in [5, 5.41) is 3.61. The third kappa shape index (κ3) is 3.01.